The van der Waals surface area contributed by atoms with Gasteiger partial charge in [-0.25, -0.2) is 0 Å². The van der Waals surface area contributed by atoms with Crippen molar-refractivity contribution < 1.29 is 4.79 Å². The maximum Gasteiger partial charge on any atom is 0.239 e. The number of likely N-dealkylation sites (tertiary alicyclic amines) is 1. The maximum absolute atomic E-state index is 12.0. The normalized spacial score (nSPS) is 31.7. The lowest BCUT2D eigenvalue weighted by molar-refractivity contribution is -0.132. The average Bonchev–Trinajstić information content (AvgIpc) is 2.75. The van der Waals surface area contributed by atoms with Crippen LogP contribution in [-0.2, 0) is 4.79 Å². The van der Waals surface area contributed by atoms with Gasteiger partial charge < -0.3 is 10.6 Å². The Balaban J connectivity index is 1.87. The molecule has 3 nitrogen and oxygen atoms in total. The minimum absolute atomic E-state index is 0.186. The minimum atomic E-state index is -0.256. The molecular formula is C12H22N2O. The van der Waals surface area contributed by atoms with Gasteiger partial charge >= 0.3 is 0 Å². The van der Waals surface area contributed by atoms with Crippen LogP contribution in [0.1, 0.15) is 39.0 Å². The molecule has 1 aliphatic heterocycles. The first-order chi connectivity index (χ1) is 7.22. The number of rotatable bonds is 3. The number of nitrogens with zero attached hydrogens (tertiary/aromatic N) is 1. The molecule has 0 aromatic heterocycles. The molecule has 1 saturated heterocycles. The fourth-order valence-electron chi connectivity index (χ4n) is 3.08. The lowest BCUT2D eigenvalue weighted by atomic mass is 10.0. The maximum atomic E-state index is 12.0. The van der Waals surface area contributed by atoms with Gasteiger partial charge in [-0.05, 0) is 31.1 Å². The van der Waals surface area contributed by atoms with Crippen molar-refractivity contribution in [2.24, 2.45) is 17.6 Å². The second kappa shape index (κ2) is 4.52. The van der Waals surface area contributed by atoms with Crippen molar-refractivity contribution in [2.75, 3.05) is 13.1 Å². The van der Waals surface area contributed by atoms with Gasteiger partial charge in [0.1, 0.15) is 0 Å². The summed E-state index contributed by atoms with van der Waals surface area (Å²) in [7, 11) is 0. The van der Waals surface area contributed by atoms with Crippen molar-refractivity contribution in [2.45, 2.75) is 45.1 Å². The Hall–Kier alpha value is -0.570. The van der Waals surface area contributed by atoms with E-state index in [0.29, 0.717) is 0 Å². The third kappa shape index (κ3) is 2.17. The van der Waals surface area contributed by atoms with Crippen LogP contribution in [0.5, 0.6) is 0 Å². The van der Waals surface area contributed by atoms with E-state index in [1.54, 1.807) is 0 Å². The summed E-state index contributed by atoms with van der Waals surface area (Å²) >= 11 is 0. The summed E-state index contributed by atoms with van der Waals surface area (Å²) in [5.41, 5.74) is 5.87. The Morgan fingerprint density at radius 1 is 1.40 bits per heavy atom. The molecule has 3 heteroatoms. The second-order valence-electron chi connectivity index (χ2n) is 5.09. The molecule has 86 valence electrons. The van der Waals surface area contributed by atoms with E-state index >= 15 is 0 Å². The monoisotopic (exact) mass is 210 g/mol. The molecule has 0 spiro atoms. The van der Waals surface area contributed by atoms with Gasteiger partial charge in [-0.1, -0.05) is 19.8 Å². The smallest absolute Gasteiger partial charge is 0.239 e. The number of nitrogens with two attached hydrogens (primary N) is 1. The average molecular weight is 210 g/mol. The van der Waals surface area contributed by atoms with Crippen LogP contribution in [0.3, 0.4) is 0 Å². The van der Waals surface area contributed by atoms with E-state index in [1.165, 1.54) is 19.3 Å². The van der Waals surface area contributed by atoms with Crippen LogP contribution in [0.2, 0.25) is 0 Å². The zero-order chi connectivity index (χ0) is 10.8. The predicted octanol–water partition coefficient (Wildman–Crippen LogP) is 1.37. The molecule has 0 bridgehead atoms. The molecule has 1 aliphatic carbocycles. The van der Waals surface area contributed by atoms with Gasteiger partial charge in [0.15, 0.2) is 0 Å². The van der Waals surface area contributed by atoms with Gasteiger partial charge in [0.05, 0.1) is 6.04 Å². The molecule has 1 saturated carbocycles. The van der Waals surface area contributed by atoms with Crippen molar-refractivity contribution in [1.82, 2.24) is 4.90 Å². The van der Waals surface area contributed by atoms with Gasteiger partial charge in [0.25, 0.3) is 0 Å². The molecule has 0 radical (unpaired) electrons. The lowest BCUT2D eigenvalue weighted by Crippen LogP contribution is -2.42. The summed E-state index contributed by atoms with van der Waals surface area (Å²) in [6.45, 7) is 4.02. The summed E-state index contributed by atoms with van der Waals surface area (Å²) in [6.07, 6.45) is 5.81. The molecule has 0 aromatic carbocycles. The summed E-state index contributed by atoms with van der Waals surface area (Å²) in [5.74, 6) is 1.75. The first kappa shape index (κ1) is 10.9. The molecule has 2 aliphatic rings. The van der Waals surface area contributed by atoms with Crippen LogP contribution >= 0.6 is 0 Å². The molecule has 15 heavy (non-hydrogen) atoms. The number of amides is 1. The van der Waals surface area contributed by atoms with E-state index < -0.39 is 0 Å². The molecule has 2 rings (SSSR count). The standard InChI is InChI=1S/C12H22N2O/c1-2-4-11(13)12(15)14-7-9-5-3-6-10(9)8-14/h9-11H,2-8,13H2,1H3/t9?,10?,11-/m1/s1. The summed E-state index contributed by atoms with van der Waals surface area (Å²) in [5, 5.41) is 0. The molecule has 0 aromatic rings. The first-order valence-electron chi connectivity index (χ1n) is 6.26. The highest BCUT2D eigenvalue weighted by Gasteiger charge is 2.38. The third-order valence-electron chi connectivity index (χ3n) is 3.95. The number of hydrogen-bond acceptors (Lipinski definition) is 2. The van der Waals surface area contributed by atoms with Crippen LogP contribution in [0.4, 0.5) is 0 Å². The van der Waals surface area contributed by atoms with Crippen LogP contribution < -0.4 is 5.73 Å². The third-order valence-corrected chi connectivity index (χ3v) is 3.95. The first-order valence-corrected chi connectivity index (χ1v) is 6.26. The Labute approximate surface area is 92.0 Å². The van der Waals surface area contributed by atoms with Crippen molar-refractivity contribution in [3.05, 3.63) is 0 Å². The van der Waals surface area contributed by atoms with Crippen molar-refractivity contribution in [1.29, 1.82) is 0 Å². The van der Waals surface area contributed by atoms with Crippen LogP contribution in [-0.4, -0.2) is 29.9 Å². The highest BCUT2D eigenvalue weighted by molar-refractivity contribution is 5.81. The molecular weight excluding hydrogens is 188 g/mol. The predicted molar refractivity (Wildman–Crippen MR) is 60.3 cm³/mol. The zero-order valence-corrected chi connectivity index (χ0v) is 9.61. The summed E-state index contributed by atoms with van der Waals surface area (Å²) in [6, 6.07) is -0.256. The van der Waals surface area contributed by atoms with Gasteiger partial charge in [-0.3, -0.25) is 4.79 Å². The Kier molecular flexibility index (Phi) is 3.29. The number of fused-ring (bicyclic) bond motifs is 1. The Morgan fingerprint density at radius 2 is 2.00 bits per heavy atom. The molecule has 1 heterocycles. The summed E-state index contributed by atoms with van der Waals surface area (Å²) in [4.78, 5) is 14.0. The van der Waals surface area contributed by atoms with E-state index in [-0.39, 0.29) is 11.9 Å². The largest absolute Gasteiger partial charge is 0.341 e. The van der Waals surface area contributed by atoms with Gasteiger partial charge in [-0.15, -0.1) is 0 Å². The van der Waals surface area contributed by atoms with Crippen molar-refractivity contribution >= 4 is 5.91 Å². The number of hydrogen-bond donors (Lipinski definition) is 1. The lowest BCUT2D eigenvalue weighted by Gasteiger charge is -2.21. The molecule has 2 fully saturated rings. The molecule has 1 amide bonds. The second-order valence-corrected chi connectivity index (χ2v) is 5.09. The van der Waals surface area contributed by atoms with Gasteiger partial charge in [-0.2, -0.15) is 0 Å². The highest BCUT2D eigenvalue weighted by atomic mass is 16.2. The number of carbonyl (C=O) groups is 1. The van der Waals surface area contributed by atoms with Crippen molar-refractivity contribution in [3.8, 4) is 0 Å². The van der Waals surface area contributed by atoms with Gasteiger partial charge in [0, 0.05) is 13.1 Å². The number of carbonyl (C=O) groups excluding carboxylic acids is 1. The van der Waals surface area contributed by atoms with Crippen LogP contribution in [0, 0.1) is 11.8 Å². The fourth-order valence-corrected chi connectivity index (χ4v) is 3.08. The van der Waals surface area contributed by atoms with E-state index in [2.05, 4.69) is 6.92 Å². The molecule has 2 unspecified atom stereocenters. The topological polar surface area (TPSA) is 46.3 Å². The van der Waals surface area contributed by atoms with Gasteiger partial charge in [0.2, 0.25) is 5.91 Å². The SMILES string of the molecule is CCC[C@@H](N)C(=O)N1CC2CCCC2C1. The Morgan fingerprint density at radius 3 is 2.53 bits per heavy atom. The molecule has 3 atom stereocenters. The van der Waals surface area contributed by atoms with Crippen LogP contribution in [0.25, 0.3) is 0 Å². The fraction of sp³-hybridized carbons (Fsp3) is 0.917. The zero-order valence-electron chi connectivity index (χ0n) is 9.61. The Bertz CT molecular complexity index is 230. The highest BCUT2D eigenvalue weighted by Crippen LogP contribution is 2.37. The van der Waals surface area contributed by atoms with Crippen molar-refractivity contribution in [3.63, 3.8) is 0 Å². The minimum Gasteiger partial charge on any atom is -0.341 e. The van der Waals surface area contributed by atoms with E-state index in [0.717, 1.165) is 37.8 Å². The quantitative estimate of drug-likeness (QED) is 0.764. The van der Waals surface area contributed by atoms with Crippen LogP contribution in [0.15, 0.2) is 0 Å². The molecule has 2 N–H and O–H groups in total. The van der Waals surface area contributed by atoms with E-state index in [4.69, 9.17) is 5.73 Å². The summed E-state index contributed by atoms with van der Waals surface area (Å²) < 4.78 is 0. The van der Waals surface area contributed by atoms with E-state index in [1.807, 2.05) is 4.90 Å². The van der Waals surface area contributed by atoms with E-state index in [9.17, 15) is 4.79 Å².